The summed E-state index contributed by atoms with van der Waals surface area (Å²) in [5.41, 5.74) is 5.27. The van der Waals surface area contributed by atoms with Gasteiger partial charge in [-0.3, -0.25) is 4.79 Å². The van der Waals surface area contributed by atoms with Crippen LogP contribution in [0.25, 0.3) is 0 Å². The van der Waals surface area contributed by atoms with Crippen molar-refractivity contribution in [2.24, 2.45) is 0 Å². The topological polar surface area (TPSA) is 70.2 Å². The highest BCUT2D eigenvalue weighted by Crippen LogP contribution is 2.37. The zero-order valence-electron chi connectivity index (χ0n) is 20.7. The van der Waals surface area contributed by atoms with E-state index in [4.69, 9.17) is 0 Å². The molecule has 6 nitrogen and oxygen atoms in total. The Morgan fingerprint density at radius 1 is 1.16 bits per heavy atom. The lowest BCUT2D eigenvalue weighted by atomic mass is 9.97. The molecular weight excluding hydrogens is 398 g/mol. The zero-order valence-corrected chi connectivity index (χ0v) is 20.7. The van der Waals surface area contributed by atoms with Gasteiger partial charge in [-0.1, -0.05) is 63.6 Å². The van der Waals surface area contributed by atoms with Crippen LogP contribution in [0.3, 0.4) is 0 Å². The van der Waals surface area contributed by atoms with Crippen molar-refractivity contribution in [3.05, 3.63) is 89.3 Å². The van der Waals surface area contributed by atoms with Crippen LogP contribution in [0.15, 0.2) is 72.6 Å². The number of hydrogen-bond acceptors (Lipinski definition) is 6. The molecule has 1 aromatic heterocycles. The van der Waals surface area contributed by atoms with Gasteiger partial charge in [0.15, 0.2) is 6.29 Å². The lowest BCUT2D eigenvalue weighted by Crippen LogP contribution is -2.43. The molecule has 6 heteroatoms. The number of aldehydes is 1. The molecule has 172 valence electrons. The lowest BCUT2D eigenvalue weighted by Gasteiger charge is -2.34. The quantitative estimate of drug-likeness (QED) is 0.481. The molecule has 1 saturated heterocycles. The summed E-state index contributed by atoms with van der Waals surface area (Å²) >= 11 is 0. The Balaban J connectivity index is 0.00000121. The molecule has 1 unspecified atom stereocenters. The Labute approximate surface area is 193 Å². The number of nitrogens with zero attached hydrogens (tertiary/aromatic N) is 3. The van der Waals surface area contributed by atoms with E-state index in [0.717, 1.165) is 23.2 Å². The van der Waals surface area contributed by atoms with E-state index in [9.17, 15) is 4.79 Å². The fourth-order valence-electron chi connectivity index (χ4n) is 3.41. The smallest absolute Gasteiger partial charge is 0.166 e. The molecule has 1 aliphatic heterocycles. The summed E-state index contributed by atoms with van der Waals surface area (Å²) in [5, 5.41) is 6.48. The van der Waals surface area contributed by atoms with Crippen molar-refractivity contribution in [3.8, 4) is 0 Å². The molecule has 1 aliphatic rings. The van der Waals surface area contributed by atoms with Gasteiger partial charge in [0, 0.05) is 13.2 Å². The van der Waals surface area contributed by atoms with Crippen molar-refractivity contribution in [3.63, 3.8) is 0 Å². The Kier molecular flexibility index (Phi) is 10.4. The number of nitrogens with one attached hydrogen (secondary N) is 2. The first kappa shape index (κ1) is 26.6. The molecule has 1 atom stereocenters. The number of allylic oxidation sites excluding steroid dienone is 3. The SMILES string of the molecule is C=C1NC(C)(c2cc(C)cc(C)c2)N(C)/C1=C\C=C(/C=O)Nc1ccncn1.CC.CC. The van der Waals surface area contributed by atoms with Gasteiger partial charge in [-0.25, -0.2) is 9.97 Å². The van der Waals surface area contributed by atoms with E-state index in [1.54, 1.807) is 18.3 Å². The van der Waals surface area contributed by atoms with Crippen LogP contribution >= 0.6 is 0 Å². The van der Waals surface area contributed by atoms with Gasteiger partial charge in [-0.05, 0) is 44.6 Å². The highest BCUT2D eigenvalue weighted by atomic mass is 16.1. The van der Waals surface area contributed by atoms with Crippen molar-refractivity contribution >= 4 is 12.1 Å². The van der Waals surface area contributed by atoms with Gasteiger partial charge in [0.2, 0.25) is 0 Å². The van der Waals surface area contributed by atoms with Gasteiger partial charge in [-0.15, -0.1) is 0 Å². The standard InChI is InChI=1S/C22H25N5O.2C2H6/c1-15-10-16(2)12-18(11-15)22(4)26-17(3)20(27(22)5)7-6-19(13-28)25-21-8-9-23-14-24-21;2*1-2/h6-14,26H,3H2,1-2,4-5H3,(H,23,24,25);2*1-2H3/b19-6+,20-7-;;. The molecule has 0 amide bonds. The first-order valence-electron chi connectivity index (χ1n) is 11.0. The Bertz CT molecular complexity index is 945. The van der Waals surface area contributed by atoms with Gasteiger partial charge in [-0.2, -0.15) is 0 Å². The molecule has 0 spiro atoms. The van der Waals surface area contributed by atoms with E-state index in [0.29, 0.717) is 11.5 Å². The van der Waals surface area contributed by atoms with Crippen molar-refractivity contribution in [1.82, 2.24) is 20.2 Å². The van der Waals surface area contributed by atoms with E-state index in [1.807, 2.05) is 40.8 Å². The summed E-state index contributed by atoms with van der Waals surface area (Å²) in [5.74, 6) is 0.559. The number of carbonyl (C=O) groups is 1. The number of anilines is 1. The molecule has 1 fully saturated rings. The third-order valence-corrected chi connectivity index (χ3v) is 4.92. The van der Waals surface area contributed by atoms with Gasteiger partial charge in [0.1, 0.15) is 17.8 Å². The summed E-state index contributed by atoms with van der Waals surface area (Å²) in [6.07, 6.45) is 7.40. The predicted octanol–water partition coefficient (Wildman–Crippen LogP) is 5.45. The predicted molar refractivity (Wildman–Crippen MR) is 134 cm³/mol. The number of carbonyl (C=O) groups excluding carboxylic acids is 1. The normalized spacial score (nSPS) is 18.8. The molecule has 0 aliphatic carbocycles. The van der Waals surface area contributed by atoms with Crippen LogP contribution in [-0.4, -0.2) is 28.2 Å². The van der Waals surface area contributed by atoms with E-state index >= 15 is 0 Å². The van der Waals surface area contributed by atoms with Crippen LogP contribution in [0.1, 0.15) is 51.3 Å². The maximum Gasteiger partial charge on any atom is 0.166 e. The second-order valence-corrected chi connectivity index (χ2v) is 7.12. The maximum atomic E-state index is 11.4. The van der Waals surface area contributed by atoms with E-state index < -0.39 is 5.66 Å². The number of hydrogen-bond donors (Lipinski definition) is 2. The molecular formula is C26H37N5O. The number of rotatable bonds is 5. The monoisotopic (exact) mass is 435 g/mol. The average molecular weight is 436 g/mol. The van der Waals surface area contributed by atoms with Crippen molar-refractivity contribution in [2.45, 2.75) is 54.1 Å². The summed E-state index contributed by atoms with van der Waals surface area (Å²) in [6, 6.07) is 8.21. The summed E-state index contributed by atoms with van der Waals surface area (Å²) < 4.78 is 0. The van der Waals surface area contributed by atoms with Crippen LogP contribution in [0.2, 0.25) is 0 Å². The first-order chi connectivity index (χ1) is 15.3. The van der Waals surface area contributed by atoms with Crippen LogP contribution in [0.5, 0.6) is 0 Å². The molecule has 2 aromatic rings. The van der Waals surface area contributed by atoms with Gasteiger partial charge in [0.25, 0.3) is 0 Å². The minimum absolute atomic E-state index is 0.396. The fraction of sp³-hybridized carbons (Fsp3) is 0.346. The maximum absolute atomic E-state index is 11.4. The first-order valence-corrected chi connectivity index (χ1v) is 11.0. The number of likely N-dealkylation sites (N-methyl/N-ethyl adjacent to an activating group) is 1. The van der Waals surface area contributed by atoms with Crippen molar-refractivity contribution in [2.75, 3.05) is 12.4 Å². The molecule has 0 bridgehead atoms. The number of aromatic nitrogens is 2. The van der Waals surface area contributed by atoms with Crippen LogP contribution in [0.4, 0.5) is 5.82 Å². The largest absolute Gasteiger partial charge is 0.358 e. The van der Waals surface area contributed by atoms with Crippen LogP contribution in [0, 0.1) is 13.8 Å². The second kappa shape index (κ2) is 12.4. The summed E-state index contributed by atoms with van der Waals surface area (Å²) in [4.78, 5) is 21.5. The Hall–Kier alpha value is -3.41. The van der Waals surface area contributed by atoms with E-state index in [1.165, 1.54) is 17.5 Å². The third kappa shape index (κ3) is 6.30. The minimum atomic E-state index is -0.422. The van der Waals surface area contributed by atoms with Gasteiger partial charge in [0.05, 0.1) is 17.1 Å². The summed E-state index contributed by atoms with van der Waals surface area (Å²) in [7, 11) is 2.01. The lowest BCUT2D eigenvalue weighted by molar-refractivity contribution is -0.104. The number of benzene rings is 1. The van der Waals surface area contributed by atoms with E-state index in [2.05, 4.69) is 71.1 Å². The molecule has 3 rings (SSSR count). The summed E-state index contributed by atoms with van der Waals surface area (Å²) in [6.45, 7) is 18.5. The van der Waals surface area contributed by atoms with E-state index in [-0.39, 0.29) is 0 Å². The molecule has 32 heavy (non-hydrogen) atoms. The average Bonchev–Trinajstić information content (AvgIpc) is 3.03. The van der Waals surface area contributed by atoms with Gasteiger partial charge < -0.3 is 15.5 Å². The molecule has 1 aromatic carbocycles. The van der Waals surface area contributed by atoms with Crippen molar-refractivity contribution < 1.29 is 4.79 Å². The second-order valence-electron chi connectivity index (χ2n) is 7.12. The molecule has 0 radical (unpaired) electrons. The van der Waals surface area contributed by atoms with Crippen molar-refractivity contribution in [1.29, 1.82) is 0 Å². The molecule has 2 N–H and O–H groups in total. The van der Waals surface area contributed by atoms with Gasteiger partial charge >= 0.3 is 0 Å². The third-order valence-electron chi connectivity index (χ3n) is 4.92. The molecule has 0 saturated carbocycles. The zero-order chi connectivity index (χ0) is 24.3. The Morgan fingerprint density at radius 3 is 2.31 bits per heavy atom. The fourth-order valence-corrected chi connectivity index (χ4v) is 3.41. The van der Waals surface area contributed by atoms with Crippen LogP contribution in [-0.2, 0) is 10.5 Å². The molecule has 2 heterocycles. The highest BCUT2D eigenvalue weighted by Gasteiger charge is 2.39. The minimum Gasteiger partial charge on any atom is -0.358 e. The number of aryl methyl sites for hydroxylation is 2. The Morgan fingerprint density at radius 2 is 1.78 bits per heavy atom. The highest BCUT2D eigenvalue weighted by molar-refractivity contribution is 5.78. The van der Waals surface area contributed by atoms with Crippen LogP contribution < -0.4 is 10.6 Å².